The average molecular weight is 363 g/mol. The van der Waals surface area contributed by atoms with Gasteiger partial charge in [0, 0.05) is 12.1 Å². The second kappa shape index (κ2) is 7.17. The lowest BCUT2D eigenvalue weighted by atomic mass is 10.1. The highest BCUT2D eigenvalue weighted by Crippen LogP contribution is 2.24. The van der Waals surface area contributed by atoms with Gasteiger partial charge < -0.3 is 4.42 Å². The van der Waals surface area contributed by atoms with Crippen LogP contribution in [0.25, 0.3) is 17.4 Å². The van der Waals surface area contributed by atoms with Crippen LogP contribution >= 0.6 is 12.2 Å². The van der Waals surface area contributed by atoms with Crippen LogP contribution in [0.3, 0.4) is 0 Å². The SMILES string of the molecule is C=CCN1C(=O)/C(=C/c2ccc(-c3ccc(C#N)cc3)o2)C(=O)NC1=S. The average Bonchev–Trinajstić information content (AvgIpc) is 3.11. The van der Waals surface area contributed by atoms with Crippen LogP contribution in [0, 0.1) is 11.3 Å². The van der Waals surface area contributed by atoms with Gasteiger partial charge in [0.25, 0.3) is 11.8 Å². The van der Waals surface area contributed by atoms with E-state index in [1.165, 1.54) is 17.1 Å². The van der Waals surface area contributed by atoms with Gasteiger partial charge in [0.15, 0.2) is 5.11 Å². The summed E-state index contributed by atoms with van der Waals surface area (Å²) >= 11 is 5.00. The molecule has 3 rings (SSSR count). The van der Waals surface area contributed by atoms with Gasteiger partial charge in [-0.05, 0) is 54.7 Å². The highest BCUT2D eigenvalue weighted by atomic mass is 32.1. The van der Waals surface area contributed by atoms with Crippen molar-refractivity contribution in [3.05, 3.63) is 65.9 Å². The monoisotopic (exact) mass is 363 g/mol. The molecule has 0 unspecified atom stereocenters. The van der Waals surface area contributed by atoms with E-state index in [9.17, 15) is 9.59 Å². The smallest absolute Gasteiger partial charge is 0.266 e. The summed E-state index contributed by atoms with van der Waals surface area (Å²) < 4.78 is 5.70. The minimum absolute atomic E-state index is 0.0507. The van der Waals surface area contributed by atoms with Gasteiger partial charge in [0.05, 0.1) is 11.6 Å². The van der Waals surface area contributed by atoms with Gasteiger partial charge in [-0.1, -0.05) is 6.08 Å². The number of rotatable bonds is 4. The first-order valence-electron chi connectivity index (χ1n) is 7.63. The van der Waals surface area contributed by atoms with Crippen LogP contribution in [0.2, 0.25) is 0 Å². The molecule has 1 aliphatic heterocycles. The normalized spacial score (nSPS) is 15.7. The van der Waals surface area contributed by atoms with Gasteiger partial charge in [0.2, 0.25) is 0 Å². The maximum atomic E-state index is 12.5. The fraction of sp³-hybridized carbons (Fsp3) is 0.0526. The van der Waals surface area contributed by atoms with E-state index in [1.54, 1.807) is 36.4 Å². The molecule has 0 atom stereocenters. The molecule has 2 amide bonds. The number of hydrogen-bond acceptors (Lipinski definition) is 5. The lowest BCUT2D eigenvalue weighted by molar-refractivity contribution is -0.128. The van der Waals surface area contributed by atoms with Crippen molar-refractivity contribution >= 4 is 35.2 Å². The number of benzene rings is 1. The predicted molar refractivity (Wildman–Crippen MR) is 99.5 cm³/mol. The molecule has 1 aliphatic rings. The van der Waals surface area contributed by atoms with Gasteiger partial charge in [-0.15, -0.1) is 6.58 Å². The van der Waals surface area contributed by atoms with E-state index in [0.29, 0.717) is 17.1 Å². The molecule has 1 N–H and O–H groups in total. The molecule has 128 valence electrons. The van der Waals surface area contributed by atoms with E-state index in [0.717, 1.165) is 5.56 Å². The van der Waals surface area contributed by atoms with Crippen LogP contribution in [0.1, 0.15) is 11.3 Å². The summed E-state index contributed by atoms with van der Waals surface area (Å²) in [4.78, 5) is 25.8. The van der Waals surface area contributed by atoms with E-state index < -0.39 is 11.8 Å². The number of carbonyl (C=O) groups is 2. The van der Waals surface area contributed by atoms with Crippen molar-refractivity contribution in [3.8, 4) is 17.4 Å². The summed E-state index contributed by atoms with van der Waals surface area (Å²) in [5.74, 6) is -0.163. The van der Waals surface area contributed by atoms with Crippen molar-refractivity contribution in [3.63, 3.8) is 0 Å². The molecule has 2 aromatic rings. The molecular formula is C19H13N3O3S. The fourth-order valence-electron chi connectivity index (χ4n) is 2.43. The Bertz CT molecular complexity index is 980. The van der Waals surface area contributed by atoms with Crippen LogP contribution in [0.5, 0.6) is 0 Å². The zero-order valence-corrected chi connectivity index (χ0v) is 14.4. The maximum Gasteiger partial charge on any atom is 0.266 e. The van der Waals surface area contributed by atoms with E-state index >= 15 is 0 Å². The van der Waals surface area contributed by atoms with E-state index in [-0.39, 0.29) is 17.2 Å². The van der Waals surface area contributed by atoms with Crippen molar-refractivity contribution in [2.24, 2.45) is 0 Å². The Hall–Kier alpha value is -3.50. The number of nitriles is 1. The standard InChI is InChI=1S/C19H13N3O3S/c1-2-9-22-18(24)15(17(23)21-19(22)26)10-14-7-8-16(25-14)13-5-3-12(11-20)4-6-13/h2-8,10H,1,9H2,(H,21,23,26)/b15-10+. The number of carbonyl (C=O) groups excluding carboxylic acids is 2. The molecule has 0 aliphatic carbocycles. The maximum absolute atomic E-state index is 12.5. The third kappa shape index (κ3) is 3.31. The largest absolute Gasteiger partial charge is 0.457 e. The van der Waals surface area contributed by atoms with Gasteiger partial charge in [-0.3, -0.25) is 19.8 Å². The Kier molecular flexibility index (Phi) is 4.78. The molecule has 7 heteroatoms. The number of furan rings is 1. The molecule has 1 aromatic carbocycles. The molecule has 1 aromatic heterocycles. The van der Waals surface area contributed by atoms with Crippen LogP contribution in [-0.2, 0) is 9.59 Å². The summed E-state index contributed by atoms with van der Waals surface area (Å²) in [6, 6.07) is 12.3. The van der Waals surface area contributed by atoms with Crippen LogP contribution in [0.15, 0.2) is 59.0 Å². The third-order valence-corrected chi connectivity index (χ3v) is 4.03. The predicted octanol–water partition coefficient (Wildman–Crippen LogP) is 2.63. The second-order valence-corrected chi connectivity index (χ2v) is 5.80. The summed E-state index contributed by atoms with van der Waals surface area (Å²) in [7, 11) is 0. The molecule has 2 heterocycles. The Balaban J connectivity index is 1.89. The van der Waals surface area contributed by atoms with Crippen LogP contribution in [-0.4, -0.2) is 28.4 Å². The Morgan fingerprint density at radius 1 is 1.23 bits per heavy atom. The third-order valence-electron chi connectivity index (χ3n) is 3.71. The number of hydrogen-bond donors (Lipinski definition) is 1. The lowest BCUT2D eigenvalue weighted by Gasteiger charge is -2.27. The quantitative estimate of drug-likeness (QED) is 0.391. The van der Waals surface area contributed by atoms with Crippen molar-refractivity contribution < 1.29 is 14.0 Å². The molecule has 26 heavy (non-hydrogen) atoms. The van der Waals surface area contributed by atoms with Gasteiger partial charge in [-0.2, -0.15) is 5.26 Å². The number of thiocarbonyl (C=S) groups is 1. The van der Waals surface area contributed by atoms with Crippen LogP contribution < -0.4 is 5.32 Å². The van der Waals surface area contributed by atoms with E-state index in [4.69, 9.17) is 21.9 Å². The summed E-state index contributed by atoms with van der Waals surface area (Å²) in [5, 5.41) is 11.4. The molecule has 6 nitrogen and oxygen atoms in total. The van der Waals surface area contributed by atoms with E-state index in [1.807, 2.05) is 6.07 Å². The van der Waals surface area contributed by atoms with Crippen molar-refractivity contribution in [1.29, 1.82) is 5.26 Å². The van der Waals surface area contributed by atoms with Gasteiger partial charge in [-0.25, -0.2) is 0 Å². The first kappa shape index (κ1) is 17.3. The molecule has 0 spiro atoms. The molecular weight excluding hydrogens is 350 g/mol. The summed E-state index contributed by atoms with van der Waals surface area (Å²) in [6.45, 7) is 3.77. The topological polar surface area (TPSA) is 86.3 Å². The molecule has 0 bridgehead atoms. The number of nitrogens with zero attached hydrogens (tertiary/aromatic N) is 2. The second-order valence-electron chi connectivity index (χ2n) is 5.41. The zero-order chi connectivity index (χ0) is 18.7. The highest BCUT2D eigenvalue weighted by Gasteiger charge is 2.32. The molecule has 1 fully saturated rings. The summed E-state index contributed by atoms with van der Waals surface area (Å²) in [5.41, 5.74) is 1.26. The summed E-state index contributed by atoms with van der Waals surface area (Å²) in [6.07, 6.45) is 2.90. The first-order chi connectivity index (χ1) is 12.5. The lowest BCUT2D eigenvalue weighted by Crippen LogP contribution is -2.53. The van der Waals surface area contributed by atoms with Crippen molar-refractivity contribution in [2.75, 3.05) is 6.54 Å². The molecule has 0 radical (unpaired) electrons. The zero-order valence-electron chi connectivity index (χ0n) is 13.6. The Morgan fingerprint density at radius 3 is 2.62 bits per heavy atom. The Morgan fingerprint density at radius 2 is 1.96 bits per heavy atom. The molecule has 1 saturated heterocycles. The number of nitrogens with one attached hydrogen (secondary N) is 1. The number of amides is 2. The van der Waals surface area contributed by atoms with Crippen molar-refractivity contribution in [1.82, 2.24) is 10.2 Å². The minimum Gasteiger partial charge on any atom is -0.457 e. The van der Waals surface area contributed by atoms with Crippen molar-refractivity contribution in [2.45, 2.75) is 0 Å². The first-order valence-corrected chi connectivity index (χ1v) is 8.04. The van der Waals surface area contributed by atoms with Gasteiger partial charge >= 0.3 is 0 Å². The highest BCUT2D eigenvalue weighted by molar-refractivity contribution is 7.80. The van der Waals surface area contributed by atoms with Gasteiger partial charge in [0.1, 0.15) is 17.1 Å². The van der Waals surface area contributed by atoms with Crippen LogP contribution in [0.4, 0.5) is 0 Å². The Labute approximate surface area is 155 Å². The molecule has 0 saturated carbocycles. The van der Waals surface area contributed by atoms with E-state index in [2.05, 4.69) is 11.9 Å². The minimum atomic E-state index is -0.573. The fourth-order valence-corrected chi connectivity index (χ4v) is 2.68.